The number of hydrogen-bond acceptors (Lipinski definition) is 3. The molecule has 0 atom stereocenters. The van der Waals surface area contributed by atoms with Gasteiger partial charge in [-0.3, -0.25) is 0 Å². The molecule has 0 bridgehead atoms. The summed E-state index contributed by atoms with van der Waals surface area (Å²) in [4.78, 5) is 0. The van der Waals surface area contributed by atoms with E-state index in [1.165, 1.54) is 11.1 Å². The lowest BCUT2D eigenvalue weighted by Gasteiger charge is -2.09. The zero-order valence-corrected chi connectivity index (χ0v) is 13.5. The zero-order chi connectivity index (χ0) is 16.6. The molecule has 3 rings (SSSR count). The van der Waals surface area contributed by atoms with E-state index < -0.39 is 0 Å². The van der Waals surface area contributed by atoms with Crippen molar-refractivity contribution in [1.29, 1.82) is 0 Å². The van der Waals surface area contributed by atoms with Crippen molar-refractivity contribution in [2.45, 2.75) is 6.42 Å². The van der Waals surface area contributed by atoms with E-state index in [0.29, 0.717) is 18.9 Å². The summed E-state index contributed by atoms with van der Waals surface area (Å²) in [5.41, 5.74) is 8.82. The third-order valence-corrected chi connectivity index (χ3v) is 3.65. The van der Waals surface area contributed by atoms with Crippen molar-refractivity contribution in [3.8, 4) is 22.6 Å². The van der Waals surface area contributed by atoms with E-state index in [2.05, 4.69) is 24.3 Å². The summed E-state index contributed by atoms with van der Waals surface area (Å²) in [5, 5.41) is 0. The van der Waals surface area contributed by atoms with Gasteiger partial charge < -0.3 is 15.2 Å². The predicted molar refractivity (Wildman–Crippen MR) is 98.3 cm³/mol. The van der Waals surface area contributed by atoms with Crippen molar-refractivity contribution in [2.24, 2.45) is 0 Å². The third-order valence-electron chi connectivity index (χ3n) is 3.65. The molecule has 122 valence electrons. The van der Waals surface area contributed by atoms with E-state index >= 15 is 0 Å². The minimum absolute atomic E-state index is 0.603. The number of benzene rings is 3. The second kappa shape index (κ2) is 8.06. The first-order chi connectivity index (χ1) is 11.8. The monoisotopic (exact) mass is 319 g/mol. The lowest BCUT2D eigenvalue weighted by atomic mass is 10.1. The Kier molecular flexibility index (Phi) is 5.36. The van der Waals surface area contributed by atoms with Gasteiger partial charge in [-0.2, -0.15) is 0 Å². The zero-order valence-electron chi connectivity index (χ0n) is 13.5. The van der Waals surface area contributed by atoms with E-state index in [0.717, 1.165) is 17.9 Å². The molecule has 0 aliphatic rings. The molecule has 0 saturated carbocycles. The third kappa shape index (κ3) is 4.53. The number of nitrogen functional groups attached to an aromatic ring is 1. The molecule has 0 heterocycles. The molecule has 0 fully saturated rings. The molecular formula is C21H21NO2. The molecule has 3 nitrogen and oxygen atoms in total. The molecule has 0 unspecified atom stereocenters. The van der Waals surface area contributed by atoms with Crippen LogP contribution in [-0.4, -0.2) is 13.2 Å². The van der Waals surface area contributed by atoms with Crippen LogP contribution < -0.4 is 15.2 Å². The molecule has 0 aliphatic carbocycles. The molecule has 3 aromatic carbocycles. The highest BCUT2D eigenvalue weighted by Crippen LogP contribution is 2.22. The Bertz CT molecular complexity index is 754. The van der Waals surface area contributed by atoms with Crippen LogP contribution in [0.5, 0.6) is 11.5 Å². The maximum atomic E-state index is 5.75. The first kappa shape index (κ1) is 15.9. The lowest BCUT2D eigenvalue weighted by Crippen LogP contribution is -2.05. The number of rotatable bonds is 7. The van der Waals surface area contributed by atoms with E-state index in [1.807, 2.05) is 54.6 Å². The molecule has 0 saturated heterocycles. The summed E-state index contributed by atoms with van der Waals surface area (Å²) in [6.07, 6.45) is 0.815. The Morgan fingerprint density at radius 1 is 0.625 bits per heavy atom. The smallest absolute Gasteiger partial charge is 0.121 e. The normalized spacial score (nSPS) is 10.3. The Balaban J connectivity index is 1.42. The van der Waals surface area contributed by atoms with Crippen LogP contribution in [0.1, 0.15) is 6.42 Å². The maximum absolute atomic E-state index is 5.75. The summed E-state index contributed by atoms with van der Waals surface area (Å²) in [6.45, 7) is 1.22. The van der Waals surface area contributed by atoms with Gasteiger partial charge in [-0.15, -0.1) is 0 Å². The molecule has 0 amide bonds. The van der Waals surface area contributed by atoms with Crippen molar-refractivity contribution in [2.75, 3.05) is 18.9 Å². The molecule has 3 aromatic rings. The fourth-order valence-electron chi connectivity index (χ4n) is 2.42. The van der Waals surface area contributed by atoms with Gasteiger partial charge in [0, 0.05) is 18.2 Å². The van der Waals surface area contributed by atoms with Crippen molar-refractivity contribution < 1.29 is 9.47 Å². The fraction of sp³-hybridized carbons (Fsp3) is 0.143. The summed E-state index contributed by atoms with van der Waals surface area (Å²) < 4.78 is 11.4. The Labute approximate surface area is 142 Å². The summed E-state index contributed by atoms with van der Waals surface area (Å²) in [7, 11) is 0. The van der Waals surface area contributed by atoms with Crippen LogP contribution in [-0.2, 0) is 0 Å². The molecule has 0 radical (unpaired) electrons. The van der Waals surface area contributed by atoms with Crippen molar-refractivity contribution in [1.82, 2.24) is 0 Å². The lowest BCUT2D eigenvalue weighted by molar-refractivity contribution is 0.247. The van der Waals surface area contributed by atoms with Gasteiger partial charge >= 0.3 is 0 Å². The molecule has 0 spiro atoms. The van der Waals surface area contributed by atoms with Crippen LogP contribution in [0.15, 0.2) is 78.9 Å². The van der Waals surface area contributed by atoms with Crippen LogP contribution >= 0.6 is 0 Å². The predicted octanol–water partition coefficient (Wildman–Crippen LogP) is 4.78. The molecule has 0 aromatic heterocycles. The van der Waals surface area contributed by atoms with E-state index in [9.17, 15) is 0 Å². The number of hydrogen-bond donors (Lipinski definition) is 1. The Morgan fingerprint density at radius 3 is 2.00 bits per heavy atom. The molecule has 3 heteroatoms. The highest BCUT2D eigenvalue weighted by molar-refractivity contribution is 5.63. The highest BCUT2D eigenvalue weighted by Gasteiger charge is 1.99. The number of anilines is 1. The van der Waals surface area contributed by atoms with Crippen LogP contribution in [0, 0.1) is 0 Å². The van der Waals surface area contributed by atoms with E-state index in [4.69, 9.17) is 15.2 Å². The number of nitrogens with two attached hydrogens (primary N) is 1. The van der Waals surface area contributed by atoms with Gasteiger partial charge in [0.1, 0.15) is 11.5 Å². The second-order valence-electron chi connectivity index (χ2n) is 5.51. The van der Waals surface area contributed by atoms with E-state index in [1.54, 1.807) is 0 Å². The molecule has 24 heavy (non-hydrogen) atoms. The van der Waals surface area contributed by atoms with Gasteiger partial charge in [0.25, 0.3) is 0 Å². The van der Waals surface area contributed by atoms with Gasteiger partial charge in [0.2, 0.25) is 0 Å². The standard InChI is InChI=1S/C21H21NO2/c22-19-8-4-9-21(16-19)24-15-5-14-23-20-12-10-18(11-13-20)17-6-2-1-3-7-17/h1-4,6-13,16H,5,14-15,22H2. The molecule has 0 aliphatic heterocycles. The van der Waals surface area contributed by atoms with Gasteiger partial charge in [0.05, 0.1) is 13.2 Å². The van der Waals surface area contributed by atoms with Crippen LogP contribution in [0.3, 0.4) is 0 Å². The largest absolute Gasteiger partial charge is 0.493 e. The van der Waals surface area contributed by atoms with Gasteiger partial charge in [0.15, 0.2) is 0 Å². The molecular weight excluding hydrogens is 298 g/mol. The van der Waals surface area contributed by atoms with Crippen molar-refractivity contribution in [3.05, 3.63) is 78.9 Å². The Morgan fingerprint density at radius 2 is 1.29 bits per heavy atom. The fourth-order valence-corrected chi connectivity index (χ4v) is 2.42. The minimum Gasteiger partial charge on any atom is -0.493 e. The van der Waals surface area contributed by atoms with E-state index in [-0.39, 0.29) is 0 Å². The van der Waals surface area contributed by atoms with Gasteiger partial charge in [-0.05, 0) is 35.4 Å². The summed E-state index contributed by atoms with van der Waals surface area (Å²) in [6, 6.07) is 25.9. The van der Waals surface area contributed by atoms with Gasteiger partial charge in [-0.25, -0.2) is 0 Å². The minimum atomic E-state index is 0.603. The van der Waals surface area contributed by atoms with Crippen LogP contribution in [0.2, 0.25) is 0 Å². The topological polar surface area (TPSA) is 44.5 Å². The summed E-state index contributed by atoms with van der Waals surface area (Å²) >= 11 is 0. The first-order valence-corrected chi connectivity index (χ1v) is 8.08. The Hall–Kier alpha value is -2.94. The van der Waals surface area contributed by atoms with Crippen molar-refractivity contribution >= 4 is 5.69 Å². The SMILES string of the molecule is Nc1cccc(OCCCOc2ccc(-c3ccccc3)cc2)c1. The highest BCUT2D eigenvalue weighted by atomic mass is 16.5. The average molecular weight is 319 g/mol. The van der Waals surface area contributed by atoms with Gasteiger partial charge in [-0.1, -0.05) is 48.5 Å². The van der Waals surface area contributed by atoms with Crippen LogP contribution in [0.25, 0.3) is 11.1 Å². The van der Waals surface area contributed by atoms with Crippen molar-refractivity contribution in [3.63, 3.8) is 0 Å². The molecule has 2 N–H and O–H groups in total. The first-order valence-electron chi connectivity index (χ1n) is 8.08. The average Bonchev–Trinajstić information content (AvgIpc) is 2.63. The van der Waals surface area contributed by atoms with Crippen LogP contribution in [0.4, 0.5) is 5.69 Å². The maximum Gasteiger partial charge on any atom is 0.121 e. The summed E-state index contributed by atoms with van der Waals surface area (Å²) in [5.74, 6) is 1.67. The quantitative estimate of drug-likeness (QED) is 0.503. The second-order valence-corrected chi connectivity index (χ2v) is 5.51. The number of ether oxygens (including phenoxy) is 2.